The van der Waals surface area contributed by atoms with Gasteiger partial charge in [0.15, 0.2) is 0 Å². The minimum atomic E-state index is -0.740. The Labute approximate surface area is 190 Å². The summed E-state index contributed by atoms with van der Waals surface area (Å²) < 4.78 is 11.8. The van der Waals surface area contributed by atoms with Gasteiger partial charge in [-0.2, -0.15) is 0 Å². The first-order chi connectivity index (χ1) is 14.8. The van der Waals surface area contributed by atoms with Gasteiger partial charge < -0.3 is 19.5 Å². The second-order valence-electron chi connectivity index (χ2n) is 7.55. The van der Waals surface area contributed by atoms with Crippen molar-refractivity contribution in [3.63, 3.8) is 0 Å². The standard InChI is InChI=1S/C24H26BrNO5/c1-5-12-26-21(16-8-6-7-9-18(16)31-14(2)3)20(23(28)24(26)29)22(27)15-10-11-19(30-4)17(25)13-15/h6-11,13-14,21,27H,5,12H2,1-4H3/b22-20-. The van der Waals surface area contributed by atoms with Crippen LogP contribution in [-0.2, 0) is 9.59 Å². The number of hydrogen-bond acceptors (Lipinski definition) is 5. The van der Waals surface area contributed by atoms with E-state index in [9.17, 15) is 14.7 Å². The van der Waals surface area contributed by atoms with Crippen LogP contribution < -0.4 is 9.47 Å². The number of carbonyl (C=O) groups is 2. The van der Waals surface area contributed by atoms with E-state index >= 15 is 0 Å². The average molecular weight is 488 g/mol. The monoisotopic (exact) mass is 487 g/mol. The van der Waals surface area contributed by atoms with E-state index in [1.165, 1.54) is 4.90 Å². The summed E-state index contributed by atoms with van der Waals surface area (Å²) in [6, 6.07) is 11.6. The fourth-order valence-corrected chi connectivity index (χ4v) is 4.25. The summed E-state index contributed by atoms with van der Waals surface area (Å²) in [6.07, 6.45) is 0.581. The zero-order valence-electron chi connectivity index (χ0n) is 18.0. The zero-order valence-corrected chi connectivity index (χ0v) is 19.6. The highest BCUT2D eigenvalue weighted by Gasteiger charge is 2.46. The second kappa shape index (κ2) is 9.56. The maximum atomic E-state index is 13.0. The summed E-state index contributed by atoms with van der Waals surface area (Å²) >= 11 is 3.41. The minimum absolute atomic E-state index is 0.0512. The summed E-state index contributed by atoms with van der Waals surface area (Å²) in [5, 5.41) is 11.2. The Kier molecular flexibility index (Phi) is 7.05. The van der Waals surface area contributed by atoms with Crippen molar-refractivity contribution < 1.29 is 24.2 Å². The zero-order chi connectivity index (χ0) is 22.7. The van der Waals surface area contributed by atoms with Gasteiger partial charge in [-0.05, 0) is 60.5 Å². The molecule has 1 N–H and O–H groups in total. The fraction of sp³-hybridized carbons (Fsp3) is 0.333. The van der Waals surface area contributed by atoms with E-state index in [1.807, 2.05) is 45.0 Å². The van der Waals surface area contributed by atoms with Gasteiger partial charge in [-0.15, -0.1) is 0 Å². The quantitative estimate of drug-likeness (QED) is 0.334. The number of para-hydroxylation sites is 1. The number of ether oxygens (including phenoxy) is 2. The molecule has 0 radical (unpaired) electrons. The number of hydrogen-bond donors (Lipinski definition) is 1. The molecule has 6 nitrogen and oxygen atoms in total. The highest BCUT2D eigenvalue weighted by molar-refractivity contribution is 9.10. The van der Waals surface area contributed by atoms with Gasteiger partial charge in [0.2, 0.25) is 0 Å². The molecule has 1 saturated heterocycles. The molecular formula is C24H26BrNO5. The molecule has 3 rings (SSSR count). The molecule has 1 aliphatic heterocycles. The van der Waals surface area contributed by atoms with Crippen molar-refractivity contribution in [2.24, 2.45) is 0 Å². The minimum Gasteiger partial charge on any atom is -0.507 e. The lowest BCUT2D eigenvalue weighted by atomic mass is 9.94. The van der Waals surface area contributed by atoms with Crippen molar-refractivity contribution in [3.8, 4) is 11.5 Å². The number of nitrogens with zero attached hydrogens (tertiary/aromatic N) is 1. The Bertz CT molecular complexity index is 1030. The van der Waals surface area contributed by atoms with Crippen molar-refractivity contribution in [2.75, 3.05) is 13.7 Å². The van der Waals surface area contributed by atoms with Crippen LogP contribution in [0.3, 0.4) is 0 Å². The number of amides is 1. The highest BCUT2D eigenvalue weighted by atomic mass is 79.9. The predicted octanol–water partition coefficient (Wildman–Crippen LogP) is 5.08. The summed E-state index contributed by atoms with van der Waals surface area (Å²) in [5.74, 6) is -0.394. The van der Waals surface area contributed by atoms with Crippen LogP contribution in [0.1, 0.15) is 44.4 Å². The topological polar surface area (TPSA) is 76.1 Å². The van der Waals surface area contributed by atoms with Gasteiger partial charge in [0.1, 0.15) is 17.3 Å². The number of aliphatic hydroxyl groups is 1. The Hall–Kier alpha value is -2.80. The number of aliphatic hydroxyl groups excluding tert-OH is 1. The number of methoxy groups -OCH3 is 1. The van der Waals surface area contributed by atoms with Gasteiger partial charge in [0.05, 0.1) is 29.3 Å². The van der Waals surface area contributed by atoms with Crippen LogP contribution in [0, 0.1) is 0 Å². The number of carbonyl (C=O) groups excluding carboxylic acids is 2. The maximum absolute atomic E-state index is 13.0. The number of benzene rings is 2. The van der Waals surface area contributed by atoms with E-state index in [2.05, 4.69) is 15.9 Å². The molecule has 1 amide bonds. The molecule has 2 aromatic carbocycles. The van der Waals surface area contributed by atoms with Gasteiger partial charge >= 0.3 is 0 Å². The summed E-state index contributed by atoms with van der Waals surface area (Å²) in [4.78, 5) is 27.4. The lowest BCUT2D eigenvalue weighted by Gasteiger charge is -2.27. The Morgan fingerprint density at radius 1 is 1.16 bits per heavy atom. The SMILES string of the molecule is CCCN1C(=O)C(=O)/C(=C(\O)c2ccc(OC)c(Br)c2)C1c1ccccc1OC(C)C. The van der Waals surface area contributed by atoms with Crippen LogP contribution in [0.25, 0.3) is 5.76 Å². The summed E-state index contributed by atoms with van der Waals surface area (Å²) in [6.45, 7) is 6.14. The van der Waals surface area contributed by atoms with Crippen molar-refractivity contribution in [2.45, 2.75) is 39.3 Å². The van der Waals surface area contributed by atoms with Crippen LogP contribution in [0.2, 0.25) is 0 Å². The predicted molar refractivity (Wildman–Crippen MR) is 122 cm³/mol. The van der Waals surface area contributed by atoms with E-state index in [1.54, 1.807) is 25.3 Å². The molecule has 0 aliphatic carbocycles. The van der Waals surface area contributed by atoms with E-state index in [-0.39, 0.29) is 17.4 Å². The van der Waals surface area contributed by atoms with Crippen LogP contribution in [-0.4, -0.2) is 41.5 Å². The average Bonchev–Trinajstić information content (AvgIpc) is 2.98. The number of halogens is 1. The molecule has 0 bridgehead atoms. The van der Waals surface area contributed by atoms with Gasteiger partial charge in [-0.25, -0.2) is 0 Å². The smallest absolute Gasteiger partial charge is 0.295 e. The van der Waals surface area contributed by atoms with E-state index in [4.69, 9.17) is 9.47 Å². The Morgan fingerprint density at radius 3 is 2.48 bits per heavy atom. The molecule has 0 saturated carbocycles. The largest absolute Gasteiger partial charge is 0.507 e. The number of ketones is 1. The molecule has 1 unspecified atom stereocenters. The van der Waals surface area contributed by atoms with Gasteiger partial charge in [-0.1, -0.05) is 25.1 Å². The van der Waals surface area contributed by atoms with Crippen LogP contribution in [0.4, 0.5) is 0 Å². The first-order valence-corrected chi connectivity index (χ1v) is 11.0. The number of likely N-dealkylation sites (tertiary alicyclic amines) is 1. The van der Waals surface area contributed by atoms with Crippen molar-refractivity contribution in [1.82, 2.24) is 4.90 Å². The Balaban J connectivity index is 2.22. The van der Waals surface area contributed by atoms with Gasteiger partial charge in [0.25, 0.3) is 11.7 Å². The Morgan fingerprint density at radius 2 is 1.87 bits per heavy atom. The molecule has 2 aromatic rings. The summed E-state index contributed by atoms with van der Waals surface area (Å²) in [5.41, 5.74) is 1.13. The van der Waals surface area contributed by atoms with Crippen molar-refractivity contribution >= 4 is 33.4 Å². The third-order valence-electron chi connectivity index (χ3n) is 5.01. The molecule has 164 valence electrons. The molecule has 7 heteroatoms. The molecule has 1 aliphatic rings. The third-order valence-corrected chi connectivity index (χ3v) is 5.63. The fourth-order valence-electron chi connectivity index (χ4n) is 3.71. The molecule has 1 fully saturated rings. The second-order valence-corrected chi connectivity index (χ2v) is 8.40. The van der Waals surface area contributed by atoms with Crippen molar-refractivity contribution in [3.05, 3.63) is 63.6 Å². The highest BCUT2D eigenvalue weighted by Crippen LogP contribution is 2.43. The first-order valence-electron chi connectivity index (χ1n) is 10.2. The lowest BCUT2D eigenvalue weighted by Crippen LogP contribution is -2.30. The van der Waals surface area contributed by atoms with Gasteiger partial charge in [-0.3, -0.25) is 9.59 Å². The number of Topliss-reactive ketones (excluding diaryl/α,β-unsaturated/α-hetero) is 1. The lowest BCUT2D eigenvalue weighted by molar-refractivity contribution is -0.139. The van der Waals surface area contributed by atoms with Crippen LogP contribution in [0.5, 0.6) is 11.5 Å². The molecular weight excluding hydrogens is 462 g/mol. The first kappa shape index (κ1) is 22.9. The molecule has 0 aromatic heterocycles. The van der Waals surface area contributed by atoms with E-state index in [0.717, 1.165) is 0 Å². The van der Waals surface area contributed by atoms with Crippen LogP contribution in [0.15, 0.2) is 52.5 Å². The molecule has 31 heavy (non-hydrogen) atoms. The van der Waals surface area contributed by atoms with E-state index < -0.39 is 17.7 Å². The van der Waals surface area contributed by atoms with Crippen molar-refractivity contribution in [1.29, 1.82) is 0 Å². The third kappa shape index (κ3) is 4.46. The van der Waals surface area contributed by atoms with E-state index in [0.29, 0.717) is 40.1 Å². The van der Waals surface area contributed by atoms with Crippen LogP contribution >= 0.6 is 15.9 Å². The molecule has 1 atom stereocenters. The number of rotatable bonds is 7. The summed E-state index contributed by atoms with van der Waals surface area (Å²) in [7, 11) is 1.54. The van der Waals surface area contributed by atoms with Gasteiger partial charge in [0, 0.05) is 17.7 Å². The molecule has 0 spiro atoms. The molecule has 1 heterocycles. The maximum Gasteiger partial charge on any atom is 0.295 e. The normalized spacial score (nSPS) is 18.0.